The first-order valence-electron chi connectivity index (χ1n) is 5.89. The molecule has 18 heavy (non-hydrogen) atoms. The van der Waals surface area contributed by atoms with Gasteiger partial charge in [-0.05, 0) is 34.4 Å². The molecule has 0 bridgehead atoms. The number of hydrogen-bond donors (Lipinski definition) is 1. The molecule has 0 aromatic heterocycles. The van der Waals surface area contributed by atoms with Crippen LogP contribution in [-0.2, 0) is 13.1 Å². The summed E-state index contributed by atoms with van der Waals surface area (Å²) in [6.07, 6.45) is 2.20. The lowest BCUT2D eigenvalue weighted by atomic mass is 9.96. The predicted octanol–water partition coefficient (Wildman–Crippen LogP) is 2.73. The number of rotatable bonds is 1. The summed E-state index contributed by atoms with van der Waals surface area (Å²) in [4.78, 5) is 1.75. The van der Waals surface area contributed by atoms with E-state index in [9.17, 15) is 0 Å². The van der Waals surface area contributed by atoms with E-state index in [0.717, 1.165) is 22.4 Å². The average molecular weight is 235 g/mol. The Balaban J connectivity index is 2.16. The summed E-state index contributed by atoms with van der Waals surface area (Å²) < 4.78 is 0. The smallest absolute Gasteiger partial charge is 0.179 e. The van der Waals surface area contributed by atoms with Crippen molar-refractivity contribution in [1.29, 1.82) is 5.26 Å². The SMILES string of the molecule is N#CN1Cc2cc(N)cc(-c3ccccc3)c2C1. The highest BCUT2D eigenvalue weighted by Crippen LogP contribution is 2.34. The van der Waals surface area contributed by atoms with Crippen LogP contribution in [0.25, 0.3) is 11.1 Å². The van der Waals surface area contributed by atoms with Crippen LogP contribution < -0.4 is 5.73 Å². The molecule has 1 heterocycles. The van der Waals surface area contributed by atoms with Crippen molar-refractivity contribution in [3.05, 3.63) is 53.6 Å². The number of nitrogens with two attached hydrogens (primary N) is 1. The van der Waals surface area contributed by atoms with Gasteiger partial charge in [0.2, 0.25) is 0 Å². The summed E-state index contributed by atoms with van der Waals surface area (Å²) in [5.74, 6) is 0. The second kappa shape index (κ2) is 4.08. The third kappa shape index (κ3) is 1.68. The van der Waals surface area contributed by atoms with Gasteiger partial charge >= 0.3 is 0 Å². The minimum Gasteiger partial charge on any atom is -0.399 e. The van der Waals surface area contributed by atoms with Gasteiger partial charge in [-0.1, -0.05) is 30.3 Å². The molecule has 3 nitrogen and oxygen atoms in total. The van der Waals surface area contributed by atoms with Crippen LogP contribution in [0.3, 0.4) is 0 Å². The largest absolute Gasteiger partial charge is 0.399 e. The number of anilines is 1. The average Bonchev–Trinajstić information content (AvgIpc) is 2.81. The van der Waals surface area contributed by atoms with E-state index in [-0.39, 0.29) is 0 Å². The normalized spacial score (nSPS) is 13.2. The number of nitrogens with zero attached hydrogens (tertiary/aromatic N) is 2. The van der Waals surface area contributed by atoms with E-state index >= 15 is 0 Å². The van der Waals surface area contributed by atoms with E-state index in [4.69, 9.17) is 11.0 Å². The Kier molecular flexibility index (Phi) is 2.42. The molecule has 0 atom stereocenters. The maximum absolute atomic E-state index is 9.01. The Morgan fingerprint density at radius 3 is 2.61 bits per heavy atom. The molecule has 3 heteroatoms. The maximum atomic E-state index is 9.01. The molecule has 0 unspecified atom stereocenters. The minimum atomic E-state index is 0.663. The van der Waals surface area contributed by atoms with Crippen molar-refractivity contribution < 1.29 is 0 Å². The number of fused-ring (bicyclic) bond motifs is 1. The van der Waals surface area contributed by atoms with Crippen LogP contribution in [0.4, 0.5) is 5.69 Å². The maximum Gasteiger partial charge on any atom is 0.179 e. The van der Waals surface area contributed by atoms with E-state index in [0.29, 0.717) is 13.1 Å². The first-order valence-corrected chi connectivity index (χ1v) is 5.89. The second-order valence-electron chi connectivity index (χ2n) is 4.53. The molecule has 88 valence electrons. The molecule has 0 radical (unpaired) electrons. The molecule has 3 rings (SSSR count). The van der Waals surface area contributed by atoms with Crippen LogP contribution >= 0.6 is 0 Å². The van der Waals surface area contributed by atoms with Crippen molar-refractivity contribution in [3.8, 4) is 17.3 Å². The Morgan fingerprint density at radius 2 is 1.89 bits per heavy atom. The van der Waals surface area contributed by atoms with Gasteiger partial charge in [0.1, 0.15) is 0 Å². The summed E-state index contributed by atoms with van der Waals surface area (Å²) in [5.41, 5.74) is 11.4. The van der Waals surface area contributed by atoms with Crippen LogP contribution in [-0.4, -0.2) is 4.90 Å². The summed E-state index contributed by atoms with van der Waals surface area (Å²) in [6.45, 7) is 1.34. The summed E-state index contributed by atoms with van der Waals surface area (Å²) in [6, 6.07) is 14.1. The van der Waals surface area contributed by atoms with Gasteiger partial charge in [0.05, 0.1) is 13.1 Å². The van der Waals surface area contributed by atoms with Crippen LogP contribution in [0.2, 0.25) is 0 Å². The fourth-order valence-corrected chi connectivity index (χ4v) is 2.48. The standard InChI is InChI=1S/C15H13N3/c16-10-18-8-12-6-13(17)7-14(15(12)9-18)11-4-2-1-3-5-11/h1-7H,8-9,17H2. The fraction of sp³-hybridized carbons (Fsp3) is 0.133. The highest BCUT2D eigenvalue weighted by Gasteiger charge is 2.21. The zero-order chi connectivity index (χ0) is 12.5. The van der Waals surface area contributed by atoms with Crippen LogP contribution in [0, 0.1) is 11.5 Å². The summed E-state index contributed by atoms with van der Waals surface area (Å²) in [5, 5.41) is 9.01. The Bertz CT molecular complexity index is 626. The van der Waals surface area contributed by atoms with E-state index in [1.807, 2.05) is 30.3 Å². The monoisotopic (exact) mass is 235 g/mol. The Labute approximate surface area is 106 Å². The molecule has 0 aliphatic carbocycles. The van der Waals surface area contributed by atoms with Crippen molar-refractivity contribution in [3.63, 3.8) is 0 Å². The van der Waals surface area contributed by atoms with Gasteiger partial charge in [0.25, 0.3) is 0 Å². The molecule has 2 aromatic rings. The van der Waals surface area contributed by atoms with Gasteiger partial charge in [-0.3, -0.25) is 0 Å². The quantitative estimate of drug-likeness (QED) is 0.610. The summed E-state index contributed by atoms with van der Waals surface area (Å²) in [7, 11) is 0. The molecule has 0 amide bonds. The van der Waals surface area contributed by atoms with Gasteiger partial charge in [0.15, 0.2) is 6.19 Å². The zero-order valence-corrected chi connectivity index (χ0v) is 9.93. The highest BCUT2D eigenvalue weighted by atomic mass is 15.1. The Hall–Kier alpha value is -2.47. The van der Waals surface area contributed by atoms with Crippen molar-refractivity contribution in [2.24, 2.45) is 0 Å². The molecule has 0 fully saturated rings. The third-order valence-electron chi connectivity index (χ3n) is 3.30. The van der Waals surface area contributed by atoms with Crippen molar-refractivity contribution in [2.45, 2.75) is 13.1 Å². The molecule has 0 saturated heterocycles. The predicted molar refractivity (Wildman–Crippen MR) is 71.2 cm³/mol. The molecule has 0 spiro atoms. The van der Waals surface area contributed by atoms with E-state index in [2.05, 4.69) is 18.3 Å². The number of nitriles is 1. The lowest BCUT2D eigenvalue weighted by Crippen LogP contribution is -2.07. The first kappa shape index (κ1) is 10.7. The molecule has 0 saturated carbocycles. The number of benzene rings is 2. The topological polar surface area (TPSA) is 53.0 Å². The molecule has 2 N–H and O–H groups in total. The van der Waals surface area contributed by atoms with Crippen LogP contribution in [0.15, 0.2) is 42.5 Å². The minimum absolute atomic E-state index is 0.663. The lowest BCUT2D eigenvalue weighted by Gasteiger charge is -2.09. The van der Waals surface area contributed by atoms with Gasteiger partial charge in [-0.15, -0.1) is 0 Å². The van der Waals surface area contributed by atoms with Crippen molar-refractivity contribution in [2.75, 3.05) is 5.73 Å². The van der Waals surface area contributed by atoms with Crippen molar-refractivity contribution >= 4 is 5.69 Å². The molecule has 2 aromatic carbocycles. The fourth-order valence-electron chi connectivity index (χ4n) is 2.48. The number of hydrogen-bond acceptors (Lipinski definition) is 3. The number of nitrogen functional groups attached to an aromatic ring is 1. The second-order valence-corrected chi connectivity index (χ2v) is 4.53. The molecule has 1 aliphatic rings. The van der Waals surface area contributed by atoms with Crippen molar-refractivity contribution in [1.82, 2.24) is 4.90 Å². The van der Waals surface area contributed by atoms with Crippen LogP contribution in [0.5, 0.6) is 0 Å². The first-order chi connectivity index (χ1) is 8.78. The van der Waals surface area contributed by atoms with E-state index < -0.39 is 0 Å². The summed E-state index contributed by atoms with van der Waals surface area (Å²) >= 11 is 0. The van der Waals surface area contributed by atoms with Gasteiger partial charge in [0, 0.05) is 5.69 Å². The molecule has 1 aliphatic heterocycles. The zero-order valence-electron chi connectivity index (χ0n) is 9.93. The van der Waals surface area contributed by atoms with Gasteiger partial charge in [-0.25, -0.2) is 0 Å². The Morgan fingerprint density at radius 1 is 1.11 bits per heavy atom. The lowest BCUT2D eigenvalue weighted by molar-refractivity contribution is 0.417. The highest BCUT2D eigenvalue weighted by molar-refractivity contribution is 5.73. The molecular formula is C15H13N3. The van der Waals surface area contributed by atoms with E-state index in [1.165, 1.54) is 5.56 Å². The van der Waals surface area contributed by atoms with Crippen LogP contribution in [0.1, 0.15) is 11.1 Å². The van der Waals surface area contributed by atoms with Gasteiger partial charge in [-0.2, -0.15) is 5.26 Å². The van der Waals surface area contributed by atoms with E-state index in [1.54, 1.807) is 4.90 Å². The molecular weight excluding hydrogens is 222 g/mol. The third-order valence-corrected chi connectivity index (χ3v) is 3.30. The van der Waals surface area contributed by atoms with Gasteiger partial charge < -0.3 is 10.6 Å².